The van der Waals surface area contributed by atoms with E-state index >= 15 is 0 Å². The summed E-state index contributed by atoms with van der Waals surface area (Å²) in [4.78, 5) is 35.6. The largest absolute Gasteiger partial charge is 0.326 e. The van der Waals surface area contributed by atoms with Crippen LogP contribution in [0.25, 0.3) is 0 Å². The Morgan fingerprint density at radius 3 is 2.25 bits per heavy atom. The van der Waals surface area contributed by atoms with Gasteiger partial charge in [0.15, 0.2) is 5.11 Å². The maximum Gasteiger partial charge on any atom is 0.269 e. The summed E-state index contributed by atoms with van der Waals surface area (Å²) < 4.78 is 0. The fourth-order valence-corrected chi connectivity index (χ4v) is 2.65. The van der Waals surface area contributed by atoms with Crippen LogP contribution in [0.5, 0.6) is 0 Å². The van der Waals surface area contributed by atoms with Gasteiger partial charge in [0.25, 0.3) is 11.8 Å². The zero-order valence-electron chi connectivity index (χ0n) is 14.6. The number of amides is 3. The van der Waals surface area contributed by atoms with Crippen LogP contribution >= 0.6 is 35.4 Å². The molecule has 2 aromatic rings. The van der Waals surface area contributed by atoms with Crippen molar-refractivity contribution in [1.29, 1.82) is 0 Å². The molecule has 3 amide bonds. The van der Waals surface area contributed by atoms with Crippen LogP contribution in [0.4, 0.5) is 5.69 Å². The molecule has 0 radical (unpaired) electrons. The molecule has 0 unspecified atom stereocenters. The van der Waals surface area contributed by atoms with Crippen LogP contribution in [0.2, 0.25) is 10.0 Å². The van der Waals surface area contributed by atoms with Gasteiger partial charge in [-0.25, -0.2) is 0 Å². The minimum absolute atomic E-state index is 0.115. The quantitative estimate of drug-likeness (QED) is 0.433. The van der Waals surface area contributed by atoms with Gasteiger partial charge in [-0.15, -0.1) is 0 Å². The molecule has 10 heteroatoms. The molecule has 2 rings (SSSR count). The van der Waals surface area contributed by atoms with Gasteiger partial charge in [-0.2, -0.15) is 0 Å². The van der Waals surface area contributed by atoms with Gasteiger partial charge in [0.1, 0.15) is 0 Å². The highest BCUT2D eigenvalue weighted by Gasteiger charge is 2.13. The van der Waals surface area contributed by atoms with Crippen LogP contribution in [0.15, 0.2) is 42.5 Å². The van der Waals surface area contributed by atoms with Crippen molar-refractivity contribution in [3.05, 3.63) is 63.6 Å². The first kappa shape index (κ1) is 21.6. The third-order valence-corrected chi connectivity index (χ3v) is 4.20. The first-order valence-electron chi connectivity index (χ1n) is 8.06. The van der Waals surface area contributed by atoms with Crippen molar-refractivity contribution in [2.24, 2.45) is 0 Å². The Labute approximate surface area is 176 Å². The van der Waals surface area contributed by atoms with Gasteiger partial charge in [-0.1, -0.05) is 30.1 Å². The Balaban J connectivity index is 1.87. The molecule has 0 fully saturated rings. The van der Waals surface area contributed by atoms with E-state index in [4.69, 9.17) is 35.4 Å². The van der Waals surface area contributed by atoms with Crippen LogP contribution in [0.1, 0.15) is 34.1 Å². The summed E-state index contributed by atoms with van der Waals surface area (Å²) >= 11 is 16.7. The van der Waals surface area contributed by atoms with Crippen molar-refractivity contribution in [2.45, 2.75) is 13.3 Å². The van der Waals surface area contributed by atoms with Crippen molar-refractivity contribution < 1.29 is 14.4 Å². The molecule has 4 N–H and O–H groups in total. The fourth-order valence-electron chi connectivity index (χ4n) is 2.02. The van der Waals surface area contributed by atoms with Crippen molar-refractivity contribution in [1.82, 2.24) is 16.2 Å². The molecule has 0 heterocycles. The minimum atomic E-state index is -0.551. The molecular formula is C18H16Cl2N4O3S. The Morgan fingerprint density at radius 2 is 1.64 bits per heavy atom. The normalized spacial score (nSPS) is 9.96. The Hall–Kier alpha value is -2.68. The average Bonchev–Trinajstić information content (AvgIpc) is 2.66. The smallest absolute Gasteiger partial charge is 0.269 e. The maximum atomic E-state index is 12.1. The zero-order valence-corrected chi connectivity index (χ0v) is 17.0. The lowest BCUT2D eigenvalue weighted by Gasteiger charge is -2.12. The number of halogens is 2. The summed E-state index contributed by atoms with van der Waals surface area (Å²) in [6, 6.07) is 10.7. The molecule has 0 bridgehead atoms. The van der Waals surface area contributed by atoms with Crippen molar-refractivity contribution >= 4 is 63.9 Å². The number of nitrogens with one attached hydrogen (secondary N) is 4. The molecule has 0 aliphatic rings. The van der Waals surface area contributed by atoms with E-state index in [1.807, 2.05) is 0 Å². The van der Waals surface area contributed by atoms with Crippen molar-refractivity contribution in [3.63, 3.8) is 0 Å². The van der Waals surface area contributed by atoms with E-state index in [-0.39, 0.29) is 21.6 Å². The number of benzene rings is 2. The van der Waals surface area contributed by atoms with Crippen LogP contribution in [-0.2, 0) is 4.79 Å². The average molecular weight is 439 g/mol. The number of carbonyl (C=O) groups excluding carboxylic acids is 3. The summed E-state index contributed by atoms with van der Waals surface area (Å²) in [5.74, 6) is -1.15. The van der Waals surface area contributed by atoms with Gasteiger partial charge >= 0.3 is 0 Å². The van der Waals surface area contributed by atoms with Gasteiger partial charge in [-0.05, 0) is 54.7 Å². The molecule has 146 valence electrons. The lowest BCUT2D eigenvalue weighted by atomic mass is 10.2. The topological polar surface area (TPSA) is 99.3 Å². The lowest BCUT2D eigenvalue weighted by Crippen LogP contribution is -2.48. The SMILES string of the molecule is CCC(=O)Nc1ccc(C(=O)NNC(=S)NC(=O)c2ccc(Cl)cc2Cl)cc1. The van der Waals surface area contributed by atoms with Crippen molar-refractivity contribution in [2.75, 3.05) is 5.32 Å². The monoisotopic (exact) mass is 438 g/mol. The number of carbonyl (C=O) groups is 3. The minimum Gasteiger partial charge on any atom is -0.326 e. The maximum absolute atomic E-state index is 12.1. The molecule has 0 saturated heterocycles. The second-order valence-electron chi connectivity index (χ2n) is 5.47. The van der Waals surface area contributed by atoms with Gasteiger partial charge in [0.05, 0.1) is 10.6 Å². The standard InChI is InChI=1S/C18H16Cl2N4O3S/c1-2-15(25)21-12-6-3-10(4-7-12)16(26)23-24-18(28)22-17(27)13-8-5-11(19)9-14(13)20/h3-9H,2H2,1H3,(H,21,25)(H,23,26)(H2,22,24,27,28). The van der Waals surface area contributed by atoms with E-state index in [9.17, 15) is 14.4 Å². The lowest BCUT2D eigenvalue weighted by molar-refractivity contribution is -0.115. The third-order valence-electron chi connectivity index (χ3n) is 3.44. The van der Waals surface area contributed by atoms with E-state index in [1.165, 1.54) is 30.3 Å². The number of hydrazine groups is 1. The van der Waals surface area contributed by atoms with Crippen molar-refractivity contribution in [3.8, 4) is 0 Å². The molecule has 0 aromatic heterocycles. The molecule has 0 aliphatic carbocycles. The molecule has 0 spiro atoms. The molecule has 0 aliphatic heterocycles. The molecule has 0 atom stereocenters. The van der Waals surface area contributed by atoms with Crippen LogP contribution in [0.3, 0.4) is 0 Å². The van der Waals surface area contributed by atoms with Crippen LogP contribution < -0.4 is 21.5 Å². The fraction of sp³-hybridized carbons (Fsp3) is 0.111. The van der Waals surface area contributed by atoms with Gasteiger partial charge in [0, 0.05) is 22.7 Å². The highest BCUT2D eigenvalue weighted by Crippen LogP contribution is 2.20. The number of hydrogen-bond donors (Lipinski definition) is 4. The second-order valence-corrected chi connectivity index (χ2v) is 6.72. The first-order chi connectivity index (χ1) is 13.3. The van der Waals surface area contributed by atoms with E-state index in [1.54, 1.807) is 19.1 Å². The van der Waals surface area contributed by atoms with E-state index in [0.717, 1.165) is 0 Å². The van der Waals surface area contributed by atoms with Crippen LogP contribution in [-0.4, -0.2) is 22.8 Å². The molecule has 2 aromatic carbocycles. The zero-order chi connectivity index (χ0) is 20.7. The van der Waals surface area contributed by atoms with Gasteiger partial charge < -0.3 is 5.32 Å². The first-order valence-corrected chi connectivity index (χ1v) is 9.23. The molecular weight excluding hydrogens is 423 g/mol. The Morgan fingerprint density at radius 1 is 0.964 bits per heavy atom. The Bertz CT molecular complexity index is 920. The summed E-state index contributed by atoms with van der Waals surface area (Å²) in [5, 5.41) is 5.53. The summed E-state index contributed by atoms with van der Waals surface area (Å²) in [7, 11) is 0. The summed E-state index contributed by atoms with van der Waals surface area (Å²) in [5.41, 5.74) is 5.89. The summed E-state index contributed by atoms with van der Waals surface area (Å²) in [6.45, 7) is 1.74. The number of anilines is 1. The van der Waals surface area contributed by atoms with Crippen LogP contribution in [0, 0.1) is 0 Å². The highest BCUT2D eigenvalue weighted by atomic mass is 35.5. The summed E-state index contributed by atoms with van der Waals surface area (Å²) in [6.07, 6.45) is 0.358. The number of thiocarbonyl (C=S) groups is 1. The van der Waals surface area contributed by atoms with E-state index < -0.39 is 11.8 Å². The Kier molecular flexibility index (Phi) is 7.74. The molecule has 28 heavy (non-hydrogen) atoms. The highest BCUT2D eigenvalue weighted by molar-refractivity contribution is 7.80. The molecule has 0 saturated carbocycles. The van der Waals surface area contributed by atoms with Gasteiger partial charge in [-0.3, -0.25) is 30.6 Å². The predicted octanol–water partition coefficient (Wildman–Crippen LogP) is 3.29. The second kappa shape index (κ2) is 10.0. The van der Waals surface area contributed by atoms with E-state index in [0.29, 0.717) is 22.7 Å². The van der Waals surface area contributed by atoms with Gasteiger partial charge in [0.2, 0.25) is 5.91 Å². The number of rotatable bonds is 4. The predicted molar refractivity (Wildman–Crippen MR) is 112 cm³/mol. The third kappa shape index (κ3) is 6.19. The van der Waals surface area contributed by atoms with E-state index in [2.05, 4.69) is 21.5 Å². The number of hydrogen-bond acceptors (Lipinski definition) is 4. The molecule has 7 nitrogen and oxygen atoms in total.